The predicted molar refractivity (Wildman–Crippen MR) is 112 cm³/mol. The molecule has 1 nitrogen and oxygen atoms in total. The van der Waals surface area contributed by atoms with Crippen molar-refractivity contribution in [2.75, 3.05) is 0 Å². The van der Waals surface area contributed by atoms with E-state index in [-0.39, 0.29) is 15.5 Å². The second kappa shape index (κ2) is 8.97. The summed E-state index contributed by atoms with van der Waals surface area (Å²) in [4.78, 5) is 0. The first-order valence-electron chi connectivity index (χ1n) is 9.79. The van der Waals surface area contributed by atoms with E-state index in [1.807, 2.05) is 0 Å². The molecule has 0 aliphatic heterocycles. The van der Waals surface area contributed by atoms with Crippen LogP contribution in [0.5, 0.6) is 0 Å². The average Bonchev–Trinajstić information content (AvgIpc) is 3.33. The first kappa shape index (κ1) is 21.6. The van der Waals surface area contributed by atoms with Crippen LogP contribution < -0.4 is 5.32 Å². The highest BCUT2D eigenvalue weighted by atomic mass is 35.5. The summed E-state index contributed by atoms with van der Waals surface area (Å²) in [6.45, 7) is 13.2. The summed E-state index contributed by atoms with van der Waals surface area (Å²) in [6.07, 6.45) is 7.16. The Kier molecular flexibility index (Phi) is 7.44. The Morgan fingerprint density at radius 2 is 1.88 bits per heavy atom. The number of hydrogen-bond acceptors (Lipinski definition) is 1. The van der Waals surface area contributed by atoms with Crippen LogP contribution in [0.1, 0.15) is 71.8 Å². The highest BCUT2D eigenvalue weighted by Gasteiger charge is 2.47. The van der Waals surface area contributed by atoms with Crippen molar-refractivity contribution in [3.05, 3.63) is 40.1 Å². The monoisotopic (exact) mass is 399 g/mol. The lowest BCUT2D eigenvalue weighted by Gasteiger charge is -2.35. The van der Waals surface area contributed by atoms with Crippen molar-refractivity contribution in [3.8, 4) is 0 Å². The van der Waals surface area contributed by atoms with Gasteiger partial charge in [-0.05, 0) is 55.1 Å². The van der Waals surface area contributed by atoms with E-state index in [0.29, 0.717) is 29.1 Å². The zero-order valence-electron chi connectivity index (χ0n) is 16.5. The molecule has 1 aromatic carbocycles. The number of nitrogens with one attached hydrogen (secondary N) is 1. The summed E-state index contributed by atoms with van der Waals surface area (Å²) >= 11 is 11.9. The van der Waals surface area contributed by atoms with E-state index in [1.165, 1.54) is 32.1 Å². The second-order valence-corrected chi connectivity index (χ2v) is 9.28. The molecule has 0 bridgehead atoms. The maximum Gasteiger partial charge on any atom is 0.152 e. The van der Waals surface area contributed by atoms with Crippen LogP contribution in [0.4, 0.5) is 4.39 Å². The lowest BCUT2D eigenvalue weighted by Crippen LogP contribution is -2.41. The van der Waals surface area contributed by atoms with Gasteiger partial charge in [0.15, 0.2) is 5.82 Å². The van der Waals surface area contributed by atoms with Gasteiger partial charge in [0.2, 0.25) is 0 Å². The van der Waals surface area contributed by atoms with Gasteiger partial charge in [0.25, 0.3) is 0 Å². The van der Waals surface area contributed by atoms with Gasteiger partial charge in [-0.3, -0.25) is 0 Å². The Morgan fingerprint density at radius 3 is 2.42 bits per heavy atom. The molecule has 1 aliphatic rings. The lowest BCUT2D eigenvalue weighted by atomic mass is 9.80. The van der Waals surface area contributed by atoms with Crippen LogP contribution in [0.2, 0.25) is 10.0 Å². The zero-order chi connectivity index (χ0) is 19.5. The van der Waals surface area contributed by atoms with Crippen LogP contribution in [-0.4, -0.2) is 6.04 Å². The Labute approximate surface area is 168 Å². The van der Waals surface area contributed by atoms with Gasteiger partial charge in [0, 0.05) is 17.3 Å². The standard InChI is InChI=1S/C22H32Cl2FN/c1-6-7-16(9-8-14(2)3)21(22(5)12-13-22)26-15(4)17-10-11-18(23)19(24)20(17)25/h10-11,14,16,21,26H,4,6-9,12-13H2,1-3,5H3. The highest BCUT2D eigenvalue weighted by Crippen LogP contribution is 2.52. The van der Waals surface area contributed by atoms with Crippen LogP contribution >= 0.6 is 23.2 Å². The molecule has 2 atom stereocenters. The Bertz CT molecular complexity index is 637. The van der Waals surface area contributed by atoms with Crippen molar-refractivity contribution >= 4 is 28.9 Å². The minimum absolute atomic E-state index is 0.0359. The Morgan fingerprint density at radius 1 is 1.23 bits per heavy atom. The first-order valence-corrected chi connectivity index (χ1v) is 10.5. The summed E-state index contributed by atoms with van der Waals surface area (Å²) in [5, 5.41) is 3.79. The van der Waals surface area contributed by atoms with Gasteiger partial charge in [-0.15, -0.1) is 0 Å². The van der Waals surface area contributed by atoms with Crippen molar-refractivity contribution < 1.29 is 4.39 Å². The molecule has 1 fully saturated rings. The summed E-state index contributed by atoms with van der Waals surface area (Å²) in [5.74, 6) is 0.765. The van der Waals surface area contributed by atoms with E-state index < -0.39 is 5.82 Å². The fourth-order valence-electron chi connectivity index (χ4n) is 3.79. The molecule has 0 heterocycles. The van der Waals surface area contributed by atoms with Crippen LogP contribution in [0.25, 0.3) is 5.70 Å². The van der Waals surface area contributed by atoms with E-state index in [9.17, 15) is 4.39 Å². The fourth-order valence-corrected chi connectivity index (χ4v) is 4.10. The highest BCUT2D eigenvalue weighted by molar-refractivity contribution is 6.42. The minimum atomic E-state index is -0.495. The van der Waals surface area contributed by atoms with Crippen LogP contribution in [-0.2, 0) is 0 Å². The SMILES string of the molecule is C=C(NC(C(CCC)CCC(C)C)C1(C)CC1)c1ccc(Cl)c(Cl)c1F. The second-order valence-electron chi connectivity index (χ2n) is 8.50. The van der Waals surface area contributed by atoms with E-state index >= 15 is 0 Å². The third-order valence-electron chi connectivity index (χ3n) is 5.73. The smallest absolute Gasteiger partial charge is 0.152 e. The maximum atomic E-state index is 14.6. The van der Waals surface area contributed by atoms with Gasteiger partial charge in [-0.2, -0.15) is 0 Å². The molecule has 0 saturated heterocycles. The molecule has 2 rings (SSSR count). The number of halogens is 3. The van der Waals surface area contributed by atoms with Crippen molar-refractivity contribution in [1.29, 1.82) is 0 Å². The largest absolute Gasteiger partial charge is 0.381 e. The van der Waals surface area contributed by atoms with Gasteiger partial charge < -0.3 is 5.32 Å². The number of rotatable bonds is 10. The predicted octanol–water partition coefficient (Wildman–Crippen LogP) is 7.71. The molecule has 1 aliphatic carbocycles. The van der Waals surface area contributed by atoms with E-state index in [2.05, 4.69) is 39.6 Å². The zero-order valence-corrected chi connectivity index (χ0v) is 18.0. The molecule has 1 saturated carbocycles. The molecular weight excluding hydrogens is 368 g/mol. The molecule has 1 aromatic rings. The maximum absolute atomic E-state index is 14.6. The van der Waals surface area contributed by atoms with Crippen molar-refractivity contribution in [2.24, 2.45) is 17.3 Å². The fraction of sp³-hybridized carbons (Fsp3) is 0.636. The molecule has 4 heteroatoms. The lowest BCUT2D eigenvalue weighted by molar-refractivity contribution is 0.239. The summed E-state index contributed by atoms with van der Waals surface area (Å²) in [5.41, 5.74) is 1.28. The van der Waals surface area contributed by atoms with Crippen molar-refractivity contribution in [1.82, 2.24) is 5.32 Å². The van der Waals surface area contributed by atoms with Gasteiger partial charge >= 0.3 is 0 Å². The first-order chi connectivity index (χ1) is 12.2. The van der Waals surface area contributed by atoms with Crippen LogP contribution in [0.3, 0.4) is 0 Å². The van der Waals surface area contributed by atoms with Gasteiger partial charge in [-0.1, -0.05) is 70.3 Å². The van der Waals surface area contributed by atoms with E-state index in [0.717, 1.165) is 6.42 Å². The minimum Gasteiger partial charge on any atom is -0.381 e. The molecule has 26 heavy (non-hydrogen) atoms. The van der Waals surface area contributed by atoms with E-state index in [4.69, 9.17) is 23.2 Å². The molecule has 146 valence electrons. The van der Waals surface area contributed by atoms with Crippen LogP contribution in [0, 0.1) is 23.1 Å². The van der Waals surface area contributed by atoms with Gasteiger partial charge in [-0.25, -0.2) is 4.39 Å². The third kappa shape index (κ3) is 5.16. The van der Waals surface area contributed by atoms with E-state index in [1.54, 1.807) is 12.1 Å². The summed E-state index contributed by atoms with van der Waals surface area (Å²) in [6, 6.07) is 3.60. The normalized spacial score (nSPS) is 17.8. The molecule has 2 unspecified atom stereocenters. The van der Waals surface area contributed by atoms with Crippen molar-refractivity contribution in [2.45, 2.75) is 72.3 Å². The molecule has 0 aromatic heterocycles. The van der Waals surface area contributed by atoms with Gasteiger partial charge in [0.1, 0.15) is 0 Å². The average molecular weight is 400 g/mol. The Hall–Kier alpha value is -0.730. The van der Waals surface area contributed by atoms with Gasteiger partial charge in [0.05, 0.1) is 10.0 Å². The molecule has 0 spiro atoms. The third-order valence-corrected chi connectivity index (χ3v) is 6.51. The number of benzene rings is 1. The van der Waals surface area contributed by atoms with Crippen LogP contribution in [0.15, 0.2) is 18.7 Å². The molecule has 0 radical (unpaired) electrons. The topological polar surface area (TPSA) is 12.0 Å². The van der Waals surface area contributed by atoms with Crippen molar-refractivity contribution in [3.63, 3.8) is 0 Å². The summed E-state index contributed by atoms with van der Waals surface area (Å²) in [7, 11) is 0. The Balaban J connectivity index is 2.22. The quantitative estimate of drug-likeness (QED) is 0.397. The molecular formula is C22H32Cl2FN. The molecule has 0 amide bonds. The molecule has 1 N–H and O–H groups in total. The number of hydrogen-bond donors (Lipinski definition) is 1. The summed E-state index contributed by atoms with van der Waals surface area (Å²) < 4.78 is 14.6.